The predicted molar refractivity (Wildman–Crippen MR) is 119 cm³/mol. The number of H-pyrrole nitrogens is 1. The largest absolute Gasteiger partial charge is 0.505 e. The van der Waals surface area contributed by atoms with Gasteiger partial charge in [-0.05, 0) is 25.5 Å². The summed E-state index contributed by atoms with van der Waals surface area (Å²) < 4.78 is 12.9. The number of hydrogen-bond donors (Lipinski definition) is 3. The molecule has 0 aliphatic heterocycles. The molecule has 4 aromatic rings. The van der Waals surface area contributed by atoms with E-state index in [1.54, 1.807) is 14.2 Å². The first-order valence-corrected chi connectivity index (χ1v) is 10.00. The van der Waals surface area contributed by atoms with Crippen LogP contribution < -0.4 is 14.8 Å². The van der Waals surface area contributed by atoms with Crippen molar-refractivity contribution in [3.05, 3.63) is 48.2 Å². The van der Waals surface area contributed by atoms with E-state index in [2.05, 4.69) is 10.3 Å². The van der Waals surface area contributed by atoms with Crippen LogP contribution in [0.1, 0.15) is 19.5 Å². The minimum atomic E-state index is 0.203. The highest BCUT2D eigenvalue weighted by Crippen LogP contribution is 2.44. The second-order valence-corrected chi connectivity index (χ2v) is 6.91. The normalized spacial score (nSPS) is 11.1. The summed E-state index contributed by atoms with van der Waals surface area (Å²) in [6, 6.07) is 13.5. The highest BCUT2D eigenvalue weighted by molar-refractivity contribution is 5.87. The van der Waals surface area contributed by atoms with Gasteiger partial charge in [-0.1, -0.05) is 19.1 Å². The van der Waals surface area contributed by atoms with Crippen molar-refractivity contribution >= 4 is 16.9 Å². The summed E-state index contributed by atoms with van der Waals surface area (Å²) in [6.07, 6.45) is 0.629. The fourth-order valence-corrected chi connectivity index (χ4v) is 3.77. The molecule has 2 heterocycles. The van der Waals surface area contributed by atoms with Crippen molar-refractivity contribution in [1.29, 1.82) is 0 Å². The van der Waals surface area contributed by atoms with Gasteiger partial charge in [0.25, 0.3) is 0 Å². The number of aromatic nitrogens is 3. The SMILES string of the molecule is CCNc1c(-c2nc3ccccc3[nH]2)c(O)c(CC)n1-c1cc(OC)cc(OC)c1. The van der Waals surface area contributed by atoms with Crippen LogP contribution in [0.5, 0.6) is 17.2 Å². The lowest BCUT2D eigenvalue weighted by atomic mass is 10.2. The molecule has 0 bridgehead atoms. The zero-order chi connectivity index (χ0) is 21.3. The Bertz CT molecular complexity index is 1140. The second kappa shape index (κ2) is 8.02. The van der Waals surface area contributed by atoms with Gasteiger partial charge >= 0.3 is 0 Å². The van der Waals surface area contributed by atoms with Crippen LogP contribution in [-0.2, 0) is 6.42 Å². The van der Waals surface area contributed by atoms with Crippen LogP contribution in [-0.4, -0.2) is 40.4 Å². The first-order valence-electron chi connectivity index (χ1n) is 10.00. The molecule has 0 aliphatic carbocycles. The number of hydrogen-bond acceptors (Lipinski definition) is 5. The molecule has 0 saturated heterocycles. The van der Waals surface area contributed by atoms with Crippen LogP contribution in [0.4, 0.5) is 5.82 Å². The Labute approximate surface area is 175 Å². The number of aromatic hydroxyl groups is 1. The number of methoxy groups -OCH3 is 2. The van der Waals surface area contributed by atoms with Crippen molar-refractivity contribution < 1.29 is 14.6 Å². The van der Waals surface area contributed by atoms with Gasteiger partial charge in [0.15, 0.2) is 0 Å². The van der Waals surface area contributed by atoms with E-state index in [9.17, 15) is 5.11 Å². The number of benzene rings is 2. The van der Waals surface area contributed by atoms with Gasteiger partial charge in [0, 0.05) is 24.7 Å². The van der Waals surface area contributed by atoms with E-state index >= 15 is 0 Å². The van der Waals surface area contributed by atoms with Crippen LogP contribution in [0.3, 0.4) is 0 Å². The van der Waals surface area contributed by atoms with E-state index in [4.69, 9.17) is 14.5 Å². The number of ether oxygens (including phenoxy) is 2. The highest BCUT2D eigenvalue weighted by Gasteiger charge is 2.26. The van der Waals surface area contributed by atoms with Crippen LogP contribution in [0.25, 0.3) is 28.1 Å². The number of aromatic amines is 1. The van der Waals surface area contributed by atoms with Crippen molar-refractivity contribution in [3.8, 4) is 34.3 Å². The molecule has 2 aromatic carbocycles. The average Bonchev–Trinajstić information content (AvgIpc) is 3.31. The van der Waals surface area contributed by atoms with E-state index in [-0.39, 0.29) is 5.75 Å². The number of rotatable bonds is 7. The molecule has 7 nitrogen and oxygen atoms in total. The molecule has 30 heavy (non-hydrogen) atoms. The van der Waals surface area contributed by atoms with Gasteiger partial charge in [-0.25, -0.2) is 4.98 Å². The Morgan fingerprint density at radius 2 is 1.77 bits per heavy atom. The van der Waals surface area contributed by atoms with Crippen molar-refractivity contribution in [2.75, 3.05) is 26.1 Å². The quantitative estimate of drug-likeness (QED) is 0.413. The summed E-state index contributed by atoms with van der Waals surface area (Å²) >= 11 is 0. The van der Waals surface area contributed by atoms with Crippen molar-refractivity contribution in [2.45, 2.75) is 20.3 Å². The van der Waals surface area contributed by atoms with Gasteiger partial charge in [-0.2, -0.15) is 0 Å². The molecule has 0 radical (unpaired) electrons. The Hall–Kier alpha value is -3.61. The molecule has 0 unspecified atom stereocenters. The monoisotopic (exact) mass is 406 g/mol. The number of imidazole rings is 1. The summed E-state index contributed by atoms with van der Waals surface area (Å²) in [4.78, 5) is 8.06. The first-order chi connectivity index (χ1) is 14.6. The van der Waals surface area contributed by atoms with Crippen LogP contribution in [0.15, 0.2) is 42.5 Å². The van der Waals surface area contributed by atoms with E-state index in [1.807, 2.05) is 60.9 Å². The maximum Gasteiger partial charge on any atom is 0.150 e. The molecule has 0 atom stereocenters. The number of fused-ring (bicyclic) bond motifs is 1. The molecule has 3 N–H and O–H groups in total. The molecule has 0 spiro atoms. The zero-order valence-corrected chi connectivity index (χ0v) is 17.6. The molecule has 0 saturated carbocycles. The molecule has 0 amide bonds. The van der Waals surface area contributed by atoms with Gasteiger partial charge in [0.2, 0.25) is 0 Å². The Morgan fingerprint density at radius 1 is 1.07 bits per heavy atom. The van der Waals surface area contributed by atoms with Crippen LogP contribution in [0, 0.1) is 0 Å². The van der Waals surface area contributed by atoms with Gasteiger partial charge < -0.3 is 24.9 Å². The number of anilines is 1. The lowest BCUT2D eigenvalue weighted by Crippen LogP contribution is -2.08. The van der Waals surface area contributed by atoms with Crippen molar-refractivity contribution in [2.24, 2.45) is 0 Å². The highest BCUT2D eigenvalue weighted by atomic mass is 16.5. The molecule has 7 heteroatoms. The Balaban J connectivity index is 2.01. The molecule has 4 rings (SSSR count). The molecule has 2 aromatic heterocycles. The second-order valence-electron chi connectivity index (χ2n) is 6.91. The first kappa shape index (κ1) is 19.7. The predicted octanol–water partition coefficient (Wildman–Crippen LogP) is 4.74. The zero-order valence-electron chi connectivity index (χ0n) is 17.6. The molecular weight excluding hydrogens is 380 g/mol. The Morgan fingerprint density at radius 3 is 2.37 bits per heavy atom. The van der Waals surface area contributed by atoms with Gasteiger partial charge in [0.1, 0.15) is 34.5 Å². The summed E-state index contributed by atoms with van der Waals surface area (Å²) in [5.41, 5.74) is 4.02. The molecule has 0 aliphatic rings. The minimum absolute atomic E-state index is 0.203. The number of nitrogens with zero attached hydrogens (tertiary/aromatic N) is 2. The van der Waals surface area contributed by atoms with Crippen LogP contribution in [0.2, 0.25) is 0 Å². The van der Waals surface area contributed by atoms with Gasteiger partial charge in [-0.3, -0.25) is 4.57 Å². The van der Waals surface area contributed by atoms with Crippen molar-refractivity contribution in [1.82, 2.24) is 14.5 Å². The van der Waals surface area contributed by atoms with Crippen molar-refractivity contribution in [3.63, 3.8) is 0 Å². The van der Waals surface area contributed by atoms with E-state index < -0.39 is 0 Å². The summed E-state index contributed by atoms with van der Waals surface area (Å²) in [5.74, 6) is 2.93. The fraction of sp³-hybridized carbons (Fsp3) is 0.261. The summed E-state index contributed by atoms with van der Waals surface area (Å²) in [7, 11) is 3.24. The molecular formula is C23H26N4O3. The lowest BCUT2D eigenvalue weighted by molar-refractivity contribution is 0.394. The number of nitrogens with one attached hydrogen (secondary N) is 2. The summed E-state index contributed by atoms with van der Waals surface area (Å²) in [6.45, 7) is 4.72. The number of para-hydroxylation sites is 2. The molecule has 156 valence electrons. The topological polar surface area (TPSA) is 84.3 Å². The minimum Gasteiger partial charge on any atom is -0.505 e. The smallest absolute Gasteiger partial charge is 0.150 e. The lowest BCUT2D eigenvalue weighted by Gasteiger charge is -2.16. The third-order valence-electron chi connectivity index (χ3n) is 5.14. The third kappa shape index (κ3) is 3.22. The Kier molecular flexibility index (Phi) is 5.27. The van der Waals surface area contributed by atoms with Gasteiger partial charge in [-0.15, -0.1) is 0 Å². The molecule has 0 fully saturated rings. The maximum atomic E-state index is 11.2. The van der Waals surface area contributed by atoms with E-state index in [0.29, 0.717) is 35.9 Å². The summed E-state index contributed by atoms with van der Waals surface area (Å²) in [5, 5.41) is 14.6. The van der Waals surface area contributed by atoms with Crippen LogP contribution >= 0.6 is 0 Å². The standard InChI is InChI=1S/C23H26N4O3/c1-5-19-21(28)20(22-25-17-9-7-8-10-18(17)26-22)23(24-6-2)27(19)14-11-15(29-3)13-16(12-14)30-4/h7-13,24,28H,5-6H2,1-4H3,(H,25,26). The average molecular weight is 406 g/mol. The van der Waals surface area contributed by atoms with E-state index in [0.717, 1.165) is 28.2 Å². The van der Waals surface area contributed by atoms with Gasteiger partial charge in [0.05, 0.1) is 36.6 Å². The van der Waals surface area contributed by atoms with E-state index in [1.165, 1.54) is 0 Å². The fourth-order valence-electron chi connectivity index (χ4n) is 3.77. The maximum absolute atomic E-state index is 11.2. The third-order valence-corrected chi connectivity index (χ3v) is 5.14.